The van der Waals surface area contributed by atoms with Crippen molar-refractivity contribution in [3.8, 4) is 12.1 Å². The van der Waals surface area contributed by atoms with Crippen LogP contribution >= 0.6 is 15.9 Å². The Morgan fingerprint density at radius 1 is 1.24 bits per heavy atom. The van der Waals surface area contributed by atoms with Crippen LogP contribution in [0.2, 0.25) is 0 Å². The van der Waals surface area contributed by atoms with Crippen molar-refractivity contribution < 1.29 is 0 Å². The van der Waals surface area contributed by atoms with Crippen molar-refractivity contribution in [3.05, 3.63) is 28.2 Å². The van der Waals surface area contributed by atoms with E-state index in [2.05, 4.69) is 44.8 Å². The third-order valence-electron chi connectivity index (χ3n) is 3.89. The molecule has 1 atom stereocenters. The van der Waals surface area contributed by atoms with Crippen LogP contribution in [0.15, 0.2) is 22.7 Å². The number of halogens is 1. The maximum Gasteiger partial charge on any atom is 0.101 e. The van der Waals surface area contributed by atoms with E-state index in [-0.39, 0.29) is 6.04 Å². The number of rotatable bonds is 4. The van der Waals surface area contributed by atoms with Crippen LogP contribution < -0.4 is 4.90 Å². The summed E-state index contributed by atoms with van der Waals surface area (Å²) in [6.07, 6.45) is 1.96. The second-order valence-electron chi connectivity index (χ2n) is 5.23. The molecule has 1 heterocycles. The Bertz CT molecular complexity index is 565. The summed E-state index contributed by atoms with van der Waals surface area (Å²) >= 11 is 3.47. The molecule has 4 nitrogen and oxygen atoms in total. The van der Waals surface area contributed by atoms with Gasteiger partial charge in [0.2, 0.25) is 0 Å². The van der Waals surface area contributed by atoms with E-state index in [1.807, 2.05) is 18.2 Å². The van der Waals surface area contributed by atoms with Gasteiger partial charge in [0.05, 0.1) is 23.4 Å². The molecule has 0 radical (unpaired) electrons. The summed E-state index contributed by atoms with van der Waals surface area (Å²) in [5.41, 5.74) is 1.69. The molecule has 0 aromatic heterocycles. The Morgan fingerprint density at radius 2 is 1.95 bits per heavy atom. The number of anilines is 1. The first-order valence-corrected chi connectivity index (χ1v) is 8.07. The third kappa shape index (κ3) is 3.75. The van der Waals surface area contributed by atoms with Gasteiger partial charge in [-0.15, -0.1) is 0 Å². The van der Waals surface area contributed by atoms with Crippen molar-refractivity contribution in [2.24, 2.45) is 0 Å². The van der Waals surface area contributed by atoms with Gasteiger partial charge in [0.25, 0.3) is 0 Å². The van der Waals surface area contributed by atoms with E-state index in [0.717, 1.165) is 49.2 Å². The summed E-state index contributed by atoms with van der Waals surface area (Å²) in [6.45, 7) is 5.56. The average molecular weight is 347 g/mol. The van der Waals surface area contributed by atoms with Crippen LogP contribution in [0, 0.1) is 22.7 Å². The molecule has 0 spiro atoms. The largest absolute Gasteiger partial charge is 0.368 e. The fraction of sp³-hybridized carbons (Fsp3) is 0.500. The smallest absolute Gasteiger partial charge is 0.101 e. The lowest BCUT2D eigenvalue weighted by Gasteiger charge is -2.38. The van der Waals surface area contributed by atoms with Gasteiger partial charge >= 0.3 is 0 Å². The minimum absolute atomic E-state index is 0.0232. The first-order chi connectivity index (χ1) is 10.2. The summed E-state index contributed by atoms with van der Waals surface area (Å²) in [5.74, 6) is 0. The molecule has 0 bridgehead atoms. The van der Waals surface area contributed by atoms with Gasteiger partial charge in [0.15, 0.2) is 0 Å². The molecule has 1 aromatic carbocycles. The number of hydrogen-bond donors (Lipinski definition) is 0. The van der Waals surface area contributed by atoms with E-state index in [1.54, 1.807) is 0 Å². The minimum Gasteiger partial charge on any atom is -0.368 e. The van der Waals surface area contributed by atoms with E-state index in [0.29, 0.717) is 5.56 Å². The van der Waals surface area contributed by atoms with Crippen molar-refractivity contribution in [1.82, 2.24) is 4.90 Å². The van der Waals surface area contributed by atoms with Crippen molar-refractivity contribution in [2.75, 3.05) is 31.1 Å². The normalized spacial score (nSPS) is 17.0. The summed E-state index contributed by atoms with van der Waals surface area (Å²) in [6, 6.07) is 10.4. The summed E-state index contributed by atoms with van der Waals surface area (Å²) in [7, 11) is 0. The lowest BCUT2D eigenvalue weighted by molar-refractivity contribution is 0.211. The van der Waals surface area contributed by atoms with Gasteiger partial charge in [-0.25, -0.2) is 0 Å². The van der Waals surface area contributed by atoms with E-state index in [9.17, 15) is 10.5 Å². The summed E-state index contributed by atoms with van der Waals surface area (Å²) in [4.78, 5) is 4.49. The molecule has 0 saturated carbocycles. The van der Waals surface area contributed by atoms with Crippen LogP contribution in [-0.2, 0) is 0 Å². The molecule has 110 valence electrons. The number of benzene rings is 1. The minimum atomic E-state index is 0.0232. The Balaban J connectivity index is 2.06. The second kappa shape index (κ2) is 7.45. The fourth-order valence-corrected chi connectivity index (χ4v) is 3.09. The highest BCUT2D eigenvalue weighted by molar-refractivity contribution is 9.10. The molecule has 1 aliphatic heterocycles. The van der Waals surface area contributed by atoms with Gasteiger partial charge in [-0.1, -0.05) is 29.3 Å². The van der Waals surface area contributed by atoms with Gasteiger partial charge in [-0.2, -0.15) is 10.5 Å². The standard InChI is InChI=1S/C16H19BrN4/c1-2-3-15(12-19)20-6-8-21(9-7-20)16-10-14(17)5-4-13(16)11-18/h4-5,10,15H,2-3,6-9H2,1H3. The van der Waals surface area contributed by atoms with Crippen molar-refractivity contribution >= 4 is 21.6 Å². The molecule has 0 amide bonds. The second-order valence-corrected chi connectivity index (χ2v) is 6.15. The van der Waals surface area contributed by atoms with Gasteiger partial charge in [0, 0.05) is 30.7 Å². The van der Waals surface area contributed by atoms with E-state index < -0.39 is 0 Å². The van der Waals surface area contributed by atoms with Crippen LogP contribution in [0.1, 0.15) is 25.3 Å². The van der Waals surface area contributed by atoms with Crippen LogP contribution in [0.5, 0.6) is 0 Å². The fourth-order valence-electron chi connectivity index (χ4n) is 2.74. The summed E-state index contributed by atoms with van der Waals surface area (Å²) in [5, 5.41) is 18.5. The predicted molar refractivity (Wildman–Crippen MR) is 87.0 cm³/mol. The molecule has 1 unspecified atom stereocenters. The zero-order chi connectivity index (χ0) is 15.2. The van der Waals surface area contributed by atoms with E-state index >= 15 is 0 Å². The van der Waals surface area contributed by atoms with Crippen LogP contribution in [0.3, 0.4) is 0 Å². The van der Waals surface area contributed by atoms with Gasteiger partial charge in [-0.05, 0) is 24.6 Å². The van der Waals surface area contributed by atoms with Crippen molar-refractivity contribution in [2.45, 2.75) is 25.8 Å². The molecule has 1 saturated heterocycles. The maximum atomic E-state index is 9.26. The molecular weight excluding hydrogens is 328 g/mol. The Kier molecular flexibility index (Phi) is 5.61. The number of nitrogens with zero attached hydrogens (tertiary/aromatic N) is 4. The lowest BCUT2D eigenvalue weighted by atomic mass is 10.1. The molecule has 0 aliphatic carbocycles. The van der Waals surface area contributed by atoms with Gasteiger partial charge < -0.3 is 4.90 Å². The SMILES string of the molecule is CCCC(C#N)N1CCN(c2cc(Br)ccc2C#N)CC1. The number of piperazine rings is 1. The number of hydrogen-bond acceptors (Lipinski definition) is 4. The molecule has 21 heavy (non-hydrogen) atoms. The monoisotopic (exact) mass is 346 g/mol. The summed E-state index contributed by atoms with van der Waals surface area (Å²) < 4.78 is 0.986. The molecule has 2 rings (SSSR count). The van der Waals surface area contributed by atoms with Crippen LogP contribution in [-0.4, -0.2) is 37.1 Å². The number of nitriles is 2. The highest BCUT2D eigenvalue weighted by Gasteiger charge is 2.24. The zero-order valence-electron chi connectivity index (χ0n) is 12.2. The van der Waals surface area contributed by atoms with Gasteiger partial charge in [-0.3, -0.25) is 4.90 Å². The van der Waals surface area contributed by atoms with Gasteiger partial charge in [0.1, 0.15) is 6.07 Å². The topological polar surface area (TPSA) is 54.1 Å². The van der Waals surface area contributed by atoms with Crippen LogP contribution in [0.4, 0.5) is 5.69 Å². The van der Waals surface area contributed by atoms with Crippen molar-refractivity contribution in [1.29, 1.82) is 10.5 Å². The zero-order valence-corrected chi connectivity index (χ0v) is 13.8. The maximum absolute atomic E-state index is 9.26. The Labute approximate surface area is 134 Å². The highest BCUT2D eigenvalue weighted by atomic mass is 79.9. The Morgan fingerprint density at radius 3 is 2.52 bits per heavy atom. The predicted octanol–water partition coefficient (Wildman–Crippen LogP) is 3.14. The van der Waals surface area contributed by atoms with E-state index in [4.69, 9.17) is 0 Å². The first kappa shape index (κ1) is 15.8. The quantitative estimate of drug-likeness (QED) is 0.840. The molecule has 5 heteroatoms. The molecular formula is C16H19BrN4. The lowest BCUT2D eigenvalue weighted by Crippen LogP contribution is -2.50. The Hall–Kier alpha value is -1.56. The molecule has 1 aliphatic rings. The van der Waals surface area contributed by atoms with Crippen LogP contribution in [0.25, 0.3) is 0 Å². The van der Waals surface area contributed by atoms with E-state index in [1.165, 1.54) is 0 Å². The molecule has 1 fully saturated rings. The first-order valence-electron chi connectivity index (χ1n) is 7.27. The average Bonchev–Trinajstić information content (AvgIpc) is 2.53. The molecule has 0 N–H and O–H groups in total. The highest BCUT2D eigenvalue weighted by Crippen LogP contribution is 2.26. The molecule has 1 aromatic rings. The third-order valence-corrected chi connectivity index (χ3v) is 4.38. The van der Waals surface area contributed by atoms with Crippen molar-refractivity contribution in [3.63, 3.8) is 0 Å².